The van der Waals surface area contributed by atoms with E-state index < -0.39 is 0 Å². The summed E-state index contributed by atoms with van der Waals surface area (Å²) in [7, 11) is 1.66. The summed E-state index contributed by atoms with van der Waals surface area (Å²) in [5, 5.41) is 8.20. The molecule has 0 saturated carbocycles. The van der Waals surface area contributed by atoms with Gasteiger partial charge in [-0.3, -0.25) is 4.99 Å². The van der Waals surface area contributed by atoms with Crippen LogP contribution in [0.2, 0.25) is 0 Å². The van der Waals surface area contributed by atoms with Gasteiger partial charge < -0.3 is 15.8 Å². The molecular weight excluding hydrogens is 364 g/mol. The molecule has 0 radical (unpaired) electrons. The highest BCUT2D eigenvalue weighted by Gasteiger charge is 2.23. The Hall–Kier alpha value is -3.61. The zero-order chi connectivity index (χ0) is 20.4. The fraction of sp³-hybridized carbons (Fsp3) is 0.227. The minimum Gasteiger partial charge on any atom is -0.496 e. The van der Waals surface area contributed by atoms with Crippen LogP contribution in [-0.2, 0) is 0 Å². The number of ether oxygens (including phenoxy) is 1. The third-order valence-corrected chi connectivity index (χ3v) is 4.94. The standard InChI is InChI=1S/C22H24N6O/c1-14-12-19(18-6-4-10-25-18)28-22(26-14)21(15(2)27-28)17-8-7-16(13-20(17)29-3)24-11-5-9-23/h4-5,7-13,18,25H,6,23H2,1-3H3. The monoisotopic (exact) mass is 388 g/mol. The van der Waals surface area contributed by atoms with Crippen LogP contribution < -0.4 is 15.8 Å². The zero-order valence-corrected chi connectivity index (χ0v) is 16.8. The number of nitrogens with two attached hydrogens (primary N) is 1. The van der Waals surface area contributed by atoms with Crippen LogP contribution in [0.5, 0.6) is 5.75 Å². The number of hydrogen-bond donors (Lipinski definition) is 2. The van der Waals surface area contributed by atoms with Crippen LogP contribution in [0.15, 0.2) is 53.8 Å². The van der Waals surface area contributed by atoms with Gasteiger partial charge in [0, 0.05) is 23.5 Å². The highest BCUT2D eigenvalue weighted by Crippen LogP contribution is 2.38. The van der Waals surface area contributed by atoms with Crippen LogP contribution in [-0.4, -0.2) is 27.9 Å². The molecule has 0 fully saturated rings. The number of nitrogens with zero attached hydrogens (tertiary/aromatic N) is 4. The second-order valence-corrected chi connectivity index (χ2v) is 6.92. The van der Waals surface area contributed by atoms with Crippen LogP contribution in [0.25, 0.3) is 16.8 Å². The molecule has 1 unspecified atom stereocenters. The van der Waals surface area contributed by atoms with Gasteiger partial charge >= 0.3 is 0 Å². The van der Waals surface area contributed by atoms with Gasteiger partial charge in [-0.15, -0.1) is 0 Å². The van der Waals surface area contributed by atoms with Crippen LogP contribution >= 0.6 is 0 Å². The second kappa shape index (κ2) is 7.79. The smallest absolute Gasteiger partial charge is 0.163 e. The minimum atomic E-state index is 0.195. The summed E-state index contributed by atoms with van der Waals surface area (Å²) < 4.78 is 7.62. The molecular formula is C22H24N6O. The van der Waals surface area contributed by atoms with E-state index in [0.29, 0.717) is 0 Å². The lowest BCUT2D eigenvalue weighted by Crippen LogP contribution is -2.15. The van der Waals surface area contributed by atoms with Crippen LogP contribution in [0.3, 0.4) is 0 Å². The van der Waals surface area contributed by atoms with Crippen molar-refractivity contribution in [3.05, 3.63) is 65.9 Å². The summed E-state index contributed by atoms with van der Waals surface area (Å²) in [4.78, 5) is 9.18. The molecule has 148 valence electrons. The molecule has 4 rings (SSSR count). The van der Waals surface area contributed by atoms with E-state index in [1.807, 2.05) is 42.8 Å². The molecule has 0 bridgehead atoms. The average molecular weight is 388 g/mol. The molecule has 7 heteroatoms. The Balaban J connectivity index is 1.87. The lowest BCUT2D eigenvalue weighted by atomic mass is 10.0. The number of fused-ring (bicyclic) bond motifs is 1. The molecule has 0 aliphatic carbocycles. The summed E-state index contributed by atoms with van der Waals surface area (Å²) >= 11 is 0. The molecule has 1 aliphatic rings. The van der Waals surface area contributed by atoms with Crippen molar-refractivity contribution in [3.63, 3.8) is 0 Å². The predicted octanol–water partition coefficient (Wildman–Crippen LogP) is 3.74. The molecule has 1 aliphatic heterocycles. The Morgan fingerprint density at radius 3 is 2.90 bits per heavy atom. The Morgan fingerprint density at radius 2 is 2.17 bits per heavy atom. The summed E-state index contributed by atoms with van der Waals surface area (Å²) in [6.45, 7) is 4.01. The van der Waals surface area contributed by atoms with Crippen molar-refractivity contribution in [3.8, 4) is 16.9 Å². The van der Waals surface area contributed by atoms with E-state index in [1.54, 1.807) is 19.4 Å². The maximum atomic E-state index is 5.68. The van der Waals surface area contributed by atoms with E-state index in [2.05, 4.69) is 22.5 Å². The number of hydrogen-bond acceptors (Lipinski definition) is 6. The van der Waals surface area contributed by atoms with E-state index in [0.717, 1.165) is 51.7 Å². The molecule has 0 saturated heterocycles. The fourth-order valence-electron chi connectivity index (χ4n) is 3.64. The molecule has 0 amide bonds. The van der Waals surface area contributed by atoms with E-state index in [-0.39, 0.29) is 6.04 Å². The molecule has 3 aromatic rings. The summed E-state index contributed by atoms with van der Waals surface area (Å²) in [5.74, 6) is 0.722. The Morgan fingerprint density at radius 1 is 1.31 bits per heavy atom. The van der Waals surface area contributed by atoms with Gasteiger partial charge in [-0.05, 0) is 56.9 Å². The molecule has 0 spiro atoms. The molecule has 7 nitrogen and oxygen atoms in total. The molecule has 29 heavy (non-hydrogen) atoms. The van der Waals surface area contributed by atoms with Crippen molar-refractivity contribution >= 4 is 17.5 Å². The number of benzene rings is 1. The van der Waals surface area contributed by atoms with Crippen molar-refractivity contribution in [1.82, 2.24) is 19.9 Å². The van der Waals surface area contributed by atoms with Gasteiger partial charge in [-0.2, -0.15) is 5.10 Å². The molecule has 1 atom stereocenters. The van der Waals surface area contributed by atoms with E-state index in [9.17, 15) is 0 Å². The van der Waals surface area contributed by atoms with Gasteiger partial charge in [0.05, 0.1) is 35.8 Å². The van der Waals surface area contributed by atoms with Gasteiger partial charge in [-0.25, -0.2) is 9.50 Å². The molecule has 1 aromatic carbocycles. The Labute approximate surface area is 169 Å². The maximum Gasteiger partial charge on any atom is 0.163 e. The number of nitrogens with one attached hydrogen (secondary N) is 1. The predicted molar refractivity (Wildman–Crippen MR) is 116 cm³/mol. The number of methoxy groups -OCH3 is 1. The van der Waals surface area contributed by atoms with E-state index in [1.165, 1.54) is 6.20 Å². The molecule has 3 heterocycles. The number of aromatic nitrogens is 3. The normalized spacial score (nSPS) is 16.3. The summed E-state index contributed by atoms with van der Waals surface area (Å²) in [6, 6.07) is 8.13. The topological polar surface area (TPSA) is 89.8 Å². The maximum absolute atomic E-state index is 5.68. The Bertz CT molecular complexity index is 1130. The van der Waals surface area contributed by atoms with Crippen molar-refractivity contribution in [2.24, 2.45) is 10.7 Å². The van der Waals surface area contributed by atoms with Gasteiger partial charge in [0.15, 0.2) is 5.65 Å². The highest BCUT2D eigenvalue weighted by atomic mass is 16.5. The quantitative estimate of drug-likeness (QED) is 0.650. The van der Waals surface area contributed by atoms with Crippen LogP contribution in [0.1, 0.15) is 29.5 Å². The third-order valence-electron chi connectivity index (χ3n) is 4.94. The first kappa shape index (κ1) is 18.7. The summed E-state index contributed by atoms with van der Waals surface area (Å²) in [6.07, 6.45) is 9.82. The average Bonchev–Trinajstić information content (AvgIpc) is 3.35. The van der Waals surface area contributed by atoms with Crippen LogP contribution in [0.4, 0.5) is 5.69 Å². The highest BCUT2D eigenvalue weighted by molar-refractivity contribution is 5.85. The van der Waals surface area contributed by atoms with Gasteiger partial charge in [-0.1, -0.05) is 6.08 Å². The first-order valence-corrected chi connectivity index (χ1v) is 9.49. The second-order valence-electron chi connectivity index (χ2n) is 6.92. The molecule has 3 N–H and O–H groups in total. The SMILES string of the molecule is COc1cc(N=CC=CN)ccc1-c1c(C)nn2c(C3CC=CN3)cc(C)nc12. The van der Waals surface area contributed by atoms with Crippen molar-refractivity contribution in [1.29, 1.82) is 0 Å². The zero-order valence-electron chi connectivity index (χ0n) is 16.8. The van der Waals surface area contributed by atoms with E-state index in [4.69, 9.17) is 20.6 Å². The van der Waals surface area contributed by atoms with E-state index >= 15 is 0 Å². The molecule has 2 aromatic heterocycles. The first-order valence-electron chi connectivity index (χ1n) is 9.49. The van der Waals surface area contributed by atoms with Gasteiger partial charge in [0.1, 0.15) is 5.75 Å². The van der Waals surface area contributed by atoms with Crippen molar-refractivity contribution in [2.75, 3.05) is 7.11 Å². The summed E-state index contributed by atoms with van der Waals surface area (Å²) in [5.41, 5.74) is 11.8. The van der Waals surface area contributed by atoms with Crippen molar-refractivity contribution < 1.29 is 4.74 Å². The largest absolute Gasteiger partial charge is 0.496 e. The van der Waals surface area contributed by atoms with Crippen molar-refractivity contribution in [2.45, 2.75) is 26.3 Å². The van der Waals surface area contributed by atoms with Gasteiger partial charge in [0.2, 0.25) is 0 Å². The number of rotatable bonds is 5. The lowest BCUT2D eigenvalue weighted by Gasteiger charge is -2.14. The fourth-order valence-corrected chi connectivity index (χ4v) is 3.64. The van der Waals surface area contributed by atoms with Gasteiger partial charge in [0.25, 0.3) is 0 Å². The Kier molecular flexibility index (Phi) is 5.03. The third kappa shape index (κ3) is 3.47. The van der Waals surface area contributed by atoms with Crippen LogP contribution in [0, 0.1) is 13.8 Å². The first-order chi connectivity index (χ1) is 14.1. The lowest BCUT2D eigenvalue weighted by molar-refractivity contribution is 0.416. The number of aryl methyl sites for hydroxylation is 2. The number of aliphatic imine (C=N–C) groups is 1. The number of allylic oxidation sites excluding steroid dienone is 1. The minimum absolute atomic E-state index is 0.195.